The van der Waals surface area contributed by atoms with Crippen LogP contribution in [0, 0.1) is 57.4 Å². The van der Waals surface area contributed by atoms with Crippen molar-refractivity contribution in [3.05, 3.63) is 143 Å². The summed E-state index contributed by atoms with van der Waals surface area (Å²) < 4.78 is 133. The summed E-state index contributed by atoms with van der Waals surface area (Å²) in [4.78, 5) is 0. The lowest BCUT2D eigenvalue weighted by Crippen LogP contribution is -2.14. The standard InChI is InChI=1S/C46H36F8N2/c1-45(2,3)21-23-15-17-27-28-18-16-24(22-46(4,5)6)20-32(28)56(31(27)19-23)44-38(50)34(36(48)40(52)42(44)54)33-35(47)39(51)41(53)43(37(33)49)55-29-13-9-7-11-25(29)26-12-8-10-14-30(26)55/h7-20H,21-22H2,1-6H3. The lowest BCUT2D eigenvalue weighted by molar-refractivity contribution is 0.411. The summed E-state index contributed by atoms with van der Waals surface area (Å²) in [5.74, 6) is -17.0. The number of benzene rings is 6. The van der Waals surface area contributed by atoms with Crippen molar-refractivity contribution in [3.63, 3.8) is 0 Å². The first-order chi connectivity index (χ1) is 26.4. The van der Waals surface area contributed by atoms with E-state index in [2.05, 4.69) is 0 Å². The minimum absolute atomic E-state index is 0.165. The molecule has 0 atom stereocenters. The molecular formula is C46H36F8N2. The highest BCUT2D eigenvalue weighted by Crippen LogP contribution is 2.44. The molecule has 0 aliphatic rings. The van der Waals surface area contributed by atoms with Crippen LogP contribution in [0.25, 0.3) is 66.1 Å². The maximum atomic E-state index is 17.4. The van der Waals surface area contributed by atoms with Crippen molar-refractivity contribution in [3.8, 4) is 22.5 Å². The zero-order chi connectivity index (χ0) is 40.2. The van der Waals surface area contributed by atoms with E-state index in [1.165, 1.54) is 12.1 Å². The van der Waals surface area contributed by atoms with Gasteiger partial charge in [0.2, 0.25) is 0 Å². The van der Waals surface area contributed by atoms with Gasteiger partial charge < -0.3 is 9.13 Å². The molecule has 0 amide bonds. The Bertz CT molecular complexity index is 2800. The Labute approximate surface area is 317 Å². The fourth-order valence-corrected chi connectivity index (χ4v) is 8.03. The van der Waals surface area contributed by atoms with E-state index < -0.39 is 69.0 Å². The summed E-state index contributed by atoms with van der Waals surface area (Å²) in [6.07, 6.45) is 1.06. The first-order valence-electron chi connectivity index (χ1n) is 18.1. The van der Waals surface area contributed by atoms with E-state index in [1.54, 1.807) is 60.7 Å². The van der Waals surface area contributed by atoms with Gasteiger partial charge in [-0.15, -0.1) is 0 Å². The lowest BCUT2D eigenvalue weighted by atomic mass is 9.87. The molecule has 2 nitrogen and oxygen atoms in total. The molecule has 0 saturated heterocycles. The molecule has 0 unspecified atom stereocenters. The Morgan fingerprint density at radius 2 is 0.714 bits per heavy atom. The Balaban J connectivity index is 1.49. The van der Waals surface area contributed by atoms with Crippen LogP contribution < -0.4 is 0 Å². The van der Waals surface area contributed by atoms with Crippen molar-refractivity contribution < 1.29 is 35.1 Å². The second kappa shape index (κ2) is 13.0. The van der Waals surface area contributed by atoms with E-state index in [9.17, 15) is 0 Å². The van der Waals surface area contributed by atoms with Crippen LogP contribution in [-0.2, 0) is 12.8 Å². The Morgan fingerprint density at radius 1 is 0.375 bits per heavy atom. The Morgan fingerprint density at radius 3 is 1.09 bits per heavy atom. The minimum Gasteiger partial charge on any atom is -0.304 e. The normalized spacial score (nSPS) is 12.6. The van der Waals surface area contributed by atoms with Crippen LogP contribution >= 0.6 is 0 Å². The summed E-state index contributed by atoms with van der Waals surface area (Å²) in [7, 11) is 0. The third-order valence-electron chi connectivity index (χ3n) is 10.1. The van der Waals surface area contributed by atoms with Crippen LogP contribution in [0.15, 0.2) is 84.9 Å². The van der Waals surface area contributed by atoms with Gasteiger partial charge in [0.1, 0.15) is 11.4 Å². The van der Waals surface area contributed by atoms with Crippen molar-refractivity contribution in [2.24, 2.45) is 10.8 Å². The van der Waals surface area contributed by atoms with Gasteiger partial charge in [-0.2, -0.15) is 0 Å². The van der Waals surface area contributed by atoms with Crippen molar-refractivity contribution in [2.75, 3.05) is 0 Å². The molecule has 0 aliphatic carbocycles. The first-order valence-corrected chi connectivity index (χ1v) is 18.1. The highest BCUT2D eigenvalue weighted by molar-refractivity contribution is 6.10. The quantitative estimate of drug-likeness (QED) is 0.0938. The molecule has 0 aliphatic heterocycles. The molecule has 8 rings (SSSR count). The minimum atomic E-state index is -2.32. The van der Waals surface area contributed by atoms with Crippen molar-refractivity contribution in [1.29, 1.82) is 0 Å². The number of hydrogen-bond donors (Lipinski definition) is 0. The van der Waals surface area contributed by atoms with E-state index in [4.69, 9.17) is 0 Å². The number of halogens is 8. The van der Waals surface area contributed by atoms with E-state index in [0.29, 0.717) is 34.4 Å². The van der Waals surface area contributed by atoms with Gasteiger partial charge >= 0.3 is 0 Å². The lowest BCUT2D eigenvalue weighted by Gasteiger charge is -2.20. The molecule has 0 spiro atoms. The van der Waals surface area contributed by atoms with Crippen molar-refractivity contribution >= 4 is 43.6 Å². The van der Waals surface area contributed by atoms with Gasteiger partial charge in [-0.3, -0.25) is 0 Å². The molecular weight excluding hydrogens is 733 g/mol. The maximum absolute atomic E-state index is 17.4. The predicted molar refractivity (Wildman–Crippen MR) is 207 cm³/mol. The van der Waals surface area contributed by atoms with Gasteiger partial charge in [0, 0.05) is 21.5 Å². The van der Waals surface area contributed by atoms with E-state index in [1.807, 2.05) is 53.7 Å². The second-order valence-corrected chi connectivity index (χ2v) is 16.8. The number of para-hydroxylation sites is 2. The third kappa shape index (κ3) is 5.83. The largest absolute Gasteiger partial charge is 0.304 e. The third-order valence-corrected chi connectivity index (χ3v) is 10.1. The molecule has 286 valence electrons. The molecule has 0 N–H and O–H groups in total. The van der Waals surface area contributed by atoms with Gasteiger partial charge in [-0.1, -0.05) is 102 Å². The monoisotopic (exact) mass is 768 g/mol. The molecule has 0 fully saturated rings. The van der Waals surface area contributed by atoms with Gasteiger partial charge in [-0.25, -0.2) is 35.1 Å². The average Bonchev–Trinajstić information content (AvgIpc) is 3.62. The summed E-state index contributed by atoms with van der Waals surface area (Å²) >= 11 is 0. The average molecular weight is 769 g/mol. The number of fused-ring (bicyclic) bond motifs is 6. The zero-order valence-electron chi connectivity index (χ0n) is 31.4. The van der Waals surface area contributed by atoms with Gasteiger partial charge in [0.05, 0.1) is 33.2 Å². The maximum Gasteiger partial charge on any atom is 0.197 e. The highest BCUT2D eigenvalue weighted by atomic mass is 19.2. The van der Waals surface area contributed by atoms with E-state index >= 15 is 35.1 Å². The number of aromatic nitrogens is 2. The highest BCUT2D eigenvalue weighted by Gasteiger charge is 2.36. The van der Waals surface area contributed by atoms with Crippen LogP contribution in [0.4, 0.5) is 35.1 Å². The number of hydrogen-bond acceptors (Lipinski definition) is 0. The Kier molecular flexibility index (Phi) is 8.63. The summed E-state index contributed by atoms with van der Waals surface area (Å²) in [5.41, 5.74) is -4.00. The van der Waals surface area contributed by atoms with E-state index in [0.717, 1.165) is 20.3 Å². The van der Waals surface area contributed by atoms with Crippen molar-refractivity contribution in [1.82, 2.24) is 9.13 Å². The topological polar surface area (TPSA) is 9.86 Å². The first kappa shape index (κ1) is 37.3. The molecule has 2 aromatic heterocycles. The zero-order valence-corrected chi connectivity index (χ0v) is 31.4. The van der Waals surface area contributed by atoms with Crippen molar-refractivity contribution in [2.45, 2.75) is 54.4 Å². The van der Waals surface area contributed by atoms with Crippen LogP contribution in [0.2, 0.25) is 0 Å². The fraction of sp³-hybridized carbons (Fsp3) is 0.217. The molecule has 0 saturated carbocycles. The smallest absolute Gasteiger partial charge is 0.197 e. The molecule has 6 aromatic carbocycles. The summed E-state index contributed by atoms with van der Waals surface area (Å²) in [6.45, 7) is 12.0. The predicted octanol–water partition coefficient (Wildman–Crippen LogP) is 13.8. The number of nitrogens with zero attached hydrogens (tertiary/aromatic N) is 2. The van der Waals surface area contributed by atoms with E-state index in [-0.39, 0.29) is 32.9 Å². The van der Waals surface area contributed by atoms with Crippen LogP contribution in [-0.4, -0.2) is 9.13 Å². The molecule has 0 radical (unpaired) electrons. The summed E-state index contributed by atoms with van der Waals surface area (Å²) in [5, 5.41) is 2.01. The van der Waals surface area contributed by atoms with Gasteiger partial charge in [-0.05, 0) is 59.1 Å². The summed E-state index contributed by atoms with van der Waals surface area (Å²) in [6, 6.07) is 23.3. The molecule has 0 bridgehead atoms. The van der Waals surface area contributed by atoms with Crippen LogP contribution in [0.3, 0.4) is 0 Å². The number of rotatable bonds is 5. The van der Waals surface area contributed by atoms with Gasteiger partial charge in [0.25, 0.3) is 0 Å². The second-order valence-electron chi connectivity index (χ2n) is 16.8. The fourth-order valence-electron chi connectivity index (χ4n) is 8.03. The molecule has 56 heavy (non-hydrogen) atoms. The SMILES string of the molecule is CC(C)(C)Cc1ccc2c3ccc(CC(C)(C)C)cc3n(-c3c(F)c(F)c(F)c(-c4c(F)c(F)c(F)c(-n5c6ccccc6c6ccccc65)c4F)c3F)c2c1. The molecule has 8 aromatic rings. The van der Waals surface area contributed by atoms with Crippen LogP contribution in [0.5, 0.6) is 0 Å². The molecule has 2 heterocycles. The molecule has 10 heteroatoms. The van der Waals surface area contributed by atoms with Crippen LogP contribution in [0.1, 0.15) is 52.7 Å². The van der Waals surface area contributed by atoms with Gasteiger partial charge in [0.15, 0.2) is 46.5 Å². The Hall–Kier alpha value is -5.64.